The molecule has 0 saturated carbocycles. The minimum atomic E-state index is -0.0144. The van der Waals surface area contributed by atoms with Crippen molar-refractivity contribution in [2.45, 2.75) is 27.4 Å². The second kappa shape index (κ2) is 7.84. The van der Waals surface area contributed by atoms with Gasteiger partial charge in [0.15, 0.2) is 17.3 Å². The first kappa shape index (κ1) is 18.5. The largest absolute Gasteiger partial charge is 0.493 e. The molecule has 0 radical (unpaired) electrons. The van der Waals surface area contributed by atoms with Crippen molar-refractivity contribution in [3.63, 3.8) is 0 Å². The molecule has 2 aromatic carbocycles. The molecule has 0 aliphatic rings. The fourth-order valence-electron chi connectivity index (χ4n) is 2.56. The van der Waals surface area contributed by atoms with Crippen LogP contribution in [-0.4, -0.2) is 12.9 Å². The van der Waals surface area contributed by atoms with Gasteiger partial charge in [0.25, 0.3) is 0 Å². The second-order valence-electron chi connectivity index (χ2n) is 6.14. The number of allylic oxidation sites excluding steroid dienone is 2. The Hall–Kier alpha value is -2.81. The first-order valence-electron chi connectivity index (χ1n) is 8.10. The molecule has 0 spiro atoms. The SMILES string of the molecule is C=C(C)c1ccc(C(=C)C)c(COc2cc(C(C)=O)ccc2OC)c1. The summed E-state index contributed by atoms with van der Waals surface area (Å²) in [7, 11) is 1.58. The van der Waals surface area contributed by atoms with Crippen molar-refractivity contribution >= 4 is 16.9 Å². The van der Waals surface area contributed by atoms with E-state index < -0.39 is 0 Å². The van der Waals surface area contributed by atoms with Crippen LogP contribution in [0.2, 0.25) is 0 Å². The minimum Gasteiger partial charge on any atom is -0.493 e. The zero-order valence-electron chi connectivity index (χ0n) is 15.3. The molecule has 0 fully saturated rings. The average molecular weight is 336 g/mol. The maximum atomic E-state index is 11.6. The van der Waals surface area contributed by atoms with Crippen molar-refractivity contribution in [3.8, 4) is 11.5 Å². The van der Waals surface area contributed by atoms with Gasteiger partial charge in [-0.15, -0.1) is 0 Å². The van der Waals surface area contributed by atoms with E-state index in [1.54, 1.807) is 25.3 Å². The molecule has 0 amide bonds. The van der Waals surface area contributed by atoms with Gasteiger partial charge in [-0.05, 0) is 61.7 Å². The van der Waals surface area contributed by atoms with Crippen LogP contribution in [0.15, 0.2) is 49.6 Å². The third kappa shape index (κ3) is 4.38. The highest BCUT2D eigenvalue weighted by Gasteiger charge is 2.11. The molecule has 0 aliphatic carbocycles. The van der Waals surface area contributed by atoms with Crippen LogP contribution in [0, 0.1) is 0 Å². The summed E-state index contributed by atoms with van der Waals surface area (Å²) >= 11 is 0. The molecule has 0 aliphatic heterocycles. The van der Waals surface area contributed by atoms with E-state index in [1.165, 1.54) is 6.92 Å². The lowest BCUT2D eigenvalue weighted by Crippen LogP contribution is -2.03. The molecule has 3 heteroatoms. The van der Waals surface area contributed by atoms with Gasteiger partial charge in [-0.2, -0.15) is 0 Å². The molecule has 0 N–H and O–H groups in total. The van der Waals surface area contributed by atoms with Crippen molar-refractivity contribution in [3.05, 3.63) is 71.8 Å². The van der Waals surface area contributed by atoms with E-state index in [9.17, 15) is 4.79 Å². The van der Waals surface area contributed by atoms with Gasteiger partial charge in [-0.1, -0.05) is 36.4 Å². The van der Waals surface area contributed by atoms with E-state index in [4.69, 9.17) is 9.47 Å². The van der Waals surface area contributed by atoms with Gasteiger partial charge in [-0.3, -0.25) is 4.79 Å². The van der Waals surface area contributed by atoms with Crippen molar-refractivity contribution in [2.24, 2.45) is 0 Å². The normalized spacial score (nSPS) is 10.2. The van der Waals surface area contributed by atoms with E-state index >= 15 is 0 Å². The van der Waals surface area contributed by atoms with Crippen LogP contribution in [-0.2, 0) is 6.61 Å². The predicted molar refractivity (Wildman–Crippen MR) is 103 cm³/mol. The fraction of sp³-hybridized carbons (Fsp3) is 0.227. The van der Waals surface area contributed by atoms with Crippen molar-refractivity contribution in [2.75, 3.05) is 7.11 Å². The Morgan fingerprint density at radius 2 is 1.60 bits per heavy atom. The lowest BCUT2D eigenvalue weighted by Gasteiger charge is -2.15. The number of benzene rings is 2. The molecule has 0 bridgehead atoms. The predicted octanol–water partition coefficient (Wildman–Crippen LogP) is 5.54. The van der Waals surface area contributed by atoms with E-state index in [0.29, 0.717) is 23.7 Å². The number of rotatable bonds is 7. The zero-order valence-corrected chi connectivity index (χ0v) is 15.3. The van der Waals surface area contributed by atoms with Gasteiger partial charge in [0, 0.05) is 5.56 Å². The fourth-order valence-corrected chi connectivity index (χ4v) is 2.56. The van der Waals surface area contributed by atoms with Gasteiger partial charge < -0.3 is 9.47 Å². The van der Waals surface area contributed by atoms with Crippen molar-refractivity contribution < 1.29 is 14.3 Å². The third-order valence-corrected chi connectivity index (χ3v) is 4.01. The number of methoxy groups -OCH3 is 1. The minimum absolute atomic E-state index is 0.0144. The van der Waals surface area contributed by atoms with Gasteiger partial charge >= 0.3 is 0 Å². The van der Waals surface area contributed by atoms with Crippen LogP contribution in [0.5, 0.6) is 11.5 Å². The number of hydrogen-bond donors (Lipinski definition) is 0. The standard InChI is InChI=1S/C22H24O3/c1-14(2)17-7-9-20(15(3)4)19(11-17)13-25-22-12-18(16(5)23)8-10-21(22)24-6/h7-12H,1,3,13H2,2,4-6H3. The lowest BCUT2D eigenvalue weighted by atomic mass is 9.97. The summed E-state index contributed by atoms with van der Waals surface area (Å²) in [6.45, 7) is 13.9. The van der Waals surface area contributed by atoms with Crippen LogP contribution >= 0.6 is 0 Å². The highest BCUT2D eigenvalue weighted by molar-refractivity contribution is 5.94. The zero-order chi connectivity index (χ0) is 18.6. The topological polar surface area (TPSA) is 35.5 Å². The average Bonchev–Trinajstić information content (AvgIpc) is 2.58. The Labute approximate surface area is 149 Å². The lowest BCUT2D eigenvalue weighted by molar-refractivity contribution is 0.101. The Balaban J connectivity index is 2.36. The van der Waals surface area contributed by atoms with Gasteiger partial charge in [-0.25, -0.2) is 0 Å². The van der Waals surface area contributed by atoms with Crippen LogP contribution in [0.25, 0.3) is 11.1 Å². The summed E-state index contributed by atoms with van der Waals surface area (Å²) in [6, 6.07) is 11.3. The Kier molecular flexibility index (Phi) is 5.81. The molecule has 0 heterocycles. The summed E-state index contributed by atoms with van der Waals surface area (Å²) in [6.07, 6.45) is 0. The van der Waals surface area contributed by atoms with Crippen molar-refractivity contribution in [1.29, 1.82) is 0 Å². The highest BCUT2D eigenvalue weighted by atomic mass is 16.5. The molecule has 0 unspecified atom stereocenters. The molecule has 0 aromatic heterocycles. The summed E-state index contributed by atoms with van der Waals surface area (Å²) in [5.41, 5.74) is 5.68. The van der Waals surface area contributed by atoms with E-state index in [2.05, 4.69) is 19.2 Å². The van der Waals surface area contributed by atoms with Gasteiger partial charge in [0.2, 0.25) is 0 Å². The second-order valence-corrected chi connectivity index (χ2v) is 6.14. The number of carbonyl (C=O) groups is 1. The smallest absolute Gasteiger partial charge is 0.162 e. The van der Waals surface area contributed by atoms with E-state index in [0.717, 1.165) is 27.8 Å². The van der Waals surface area contributed by atoms with E-state index in [1.807, 2.05) is 26.0 Å². The first-order chi connectivity index (χ1) is 11.8. The van der Waals surface area contributed by atoms with Crippen LogP contribution in [0.4, 0.5) is 0 Å². The quantitative estimate of drug-likeness (QED) is 0.622. The molecular formula is C22H24O3. The van der Waals surface area contributed by atoms with Gasteiger partial charge in [0.05, 0.1) is 7.11 Å². The maximum absolute atomic E-state index is 11.6. The van der Waals surface area contributed by atoms with E-state index in [-0.39, 0.29) is 5.78 Å². The van der Waals surface area contributed by atoms with Crippen LogP contribution in [0.3, 0.4) is 0 Å². The van der Waals surface area contributed by atoms with Crippen LogP contribution < -0.4 is 9.47 Å². The molecule has 2 aromatic rings. The molecule has 2 rings (SSSR count). The summed E-state index contributed by atoms with van der Waals surface area (Å²) < 4.78 is 11.3. The number of Topliss-reactive ketones (excluding diaryl/α,β-unsaturated/α-hetero) is 1. The van der Waals surface area contributed by atoms with Crippen LogP contribution in [0.1, 0.15) is 47.8 Å². The number of hydrogen-bond acceptors (Lipinski definition) is 3. The molecule has 130 valence electrons. The number of ether oxygens (including phenoxy) is 2. The Morgan fingerprint density at radius 3 is 2.16 bits per heavy atom. The summed E-state index contributed by atoms with van der Waals surface area (Å²) in [5, 5.41) is 0. The van der Waals surface area contributed by atoms with Gasteiger partial charge in [0.1, 0.15) is 6.61 Å². The Morgan fingerprint density at radius 1 is 0.920 bits per heavy atom. The number of ketones is 1. The third-order valence-electron chi connectivity index (χ3n) is 4.01. The molecule has 25 heavy (non-hydrogen) atoms. The monoisotopic (exact) mass is 336 g/mol. The van der Waals surface area contributed by atoms with Crippen molar-refractivity contribution in [1.82, 2.24) is 0 Å². The summed E-state index contributed by atoms with van der Waals surface area (Å²) in [5.74, 6) is 1.13. The molecule has 0 saturated heterocycles. The molecule has 0 atom stereocenters. The highest BCUT2D eigenvalue weighted by Crippen LogP contribution is 2.30. The summed E-state index contributed by atoms with van der Waals surface area (Å²) in [4.78, 5) is 11.6. The Bertz CT molecular complexity index is 831. The molecular weight excluding hydrogens is 312 g/mol. The first-order valence-corrected chi connectivity index (χ1v) is 8.10. The molecule has 3 nitrogen and oxygen atoms in total. The maximum Gasteiger partial charge on any atom is 0.162 e. The number of carbonyl (C=O) groups excluding carboxylic acids is 1.